The fourth-order valence-corrected chi connectivity index (χ4v) is 2.17. The summed E-state index contributed by atoms with van der Waals surface area (Å²) in [4.78, 5) is 13.9. The summed E-state index contributed by atoms with van der Waals surface area (Å²) >= 11 is 0. The van der Waals surface area contributed by atoms with Crippen LogP contribution in [0.4, 0.5) is 0 Å². The van der Waals surface area contributed by atoms with Crippen LogP contribution in [0, 0.1) is 0 Å². The standard InChI is InChI=1S/C13H13N3O/c17-13-12-4-2-1-3-11(12)9-16(13)6-5-10-7-14-15-8-10/h1-4,7-8H,5-6,9H2,(H,14,15). The number of hydrogen-bond acceptors (Lipinski definition) is 2. The van der Waals surface area contributed by atoms with Crippen molar-refractivity contribution in [2.75, 3.05) is 6.54 Å². The lowest BCUT2D eigenvalue weighted by atomic mass is 10.1. The maximum Gasteiger partial charge on any atom is 0.254 e. The molecule has 1 N–H and O–H groups in total. The molecule has 1 aliphatic rings. The number of nitrogens with one attached hydrogen (secondary N) is 1. The van der Waals surface area contributed by atoms with Gasteiger partial charge in [-0.05, 0) is 23.6 Å². The van der Waals surface area contributed by atoms with Crippen LogP contribution in [0.25, 0.3) is 0 Å². The highest BCUT2D eigenvalue weighted by Crippen LogP contribution is 2.22. The number of amides is 1. The minimum atomic E-state index is 0.143. The fourth-order valence-electron chi connectivity index (χ4n) is 2.17. The number of benzene rings is 1. The van der Waals surface area contributed by atoms with Gasteiger partial charge in [0.25, 0.3) is 5.91 Å². The van der Waals surface area contributed by atoms with Crippen molar-refractivity contribution in [2.45, 2.75) is 13.0 Å². The Morgan fingerprint density at radius 1 is 1.35 bits per heavy atom. The third-order valence-electron chi connectivity index (χ3n) is 3.12. The van der Waals surface area contributed by atoms with Crippen molar-refractivity contribution >= 4 is 5.91 Å². The Kier molecular flexibility index (Phi) is 2.40. The molecular weight excluding hydrogens is 214 g/mol. The van der Waals surface area contributed by atoms with Crippen molar-refractivity contribution < 1.29 is 4.79 Å². The van der Waals surface area contributed by atoms with E-state index in [0.717, 1.165) is 36.2 Å². The van der Waals surface area contributed by atoms with Gasteiger partial charge in [-0.15, -0.1) is 0 Å². The molecule has 4 heteroatoms. The van der Waals surface area contributed by atoms with Crippen LogP contribution in [0.1, 0.15) is 21.5 Å². The first-order valence-electron chi connectivity index (χ1n) is 5.69. The zero-order chi connectivity index (χ0) is 11.7. The van der Waals surface area contributed by atoms with Gasteiger partial charge in [0.2, 0.25) is 0 Å². The number of carbonyl (C=O) groups excluding carboxylic acids is 1. The Morgan fingerprint density at radius 2 is 2.24 bits per heavy atom. The molecule has 1 aliphatic heterocycles. The van der Waals surface area contributed by atoms with Gasteiger partial charge in [0, 0.05) is 24.8 Å². The van der Waals surface area contributed by atoms with Crippen LogP contribution in [0.15, 0.2) is 36.7 Å². The minimum absolute atomic E-state index is 0.143. The third-order valence-corrected chi connectivity index (χ3v) is 3.12. The van der Waals surface area contributed by atoms with Crippen molar-refractivity contribution in [3.8, 4) is 0 Å². The molecule has 4 nitrogen and oxygen atoms in total. The molecule has 0 saturated heterocycles. The number of nitrogens with zero attached hydrogens (tertiary/aromatic N) is 2. The molecule has 3 rings (SSSR count). The maximum absolute atomic E-state index is 12.1. The van der Waals surface area contributed by atoms with Crippen LogP contribution in [-0.4, -0.2) is 27.5 Å². The van der Waals surface area contributed by atoms with Crippen molar-refractivity contribution in [1.82, 2.24) is 15.1 Å². The minimum Gasteiger partial charge on any atom is -0.334 e. The number of carbonyl (C=O) groups is 1. The van der Waals surface area contributed by atoms with Gasteiger partial charge in [-0.3, -0.25) is 9.89 Å². The average molecular weight is 227 g/mol. The Morgan fingerprint density at radius 3 is 3.00 bits per heavy atom. The van der Waals surface area contributed by atoms with Gasteiger partial charge in [0.05, 0.1) is 6.20 Å². The molecule has 2 aromatic rings. The number of aromatic amines is 1. The van der Waals surface area contributed by atoms with Gasteiger partial charge in [-0.2, -0.15) is 5.10 Å². The Balaban J connectivity index is 1.70. The van der Waals surface area contributed by atoms with Gasteiger partial charge < -0.3 is 4.90 Å². The zero-order valence-corrected chi connectivity index (χ0v) is 9.39. The van der Waals surface area contributed by atoms with E-state index in [0.29, 0.717) is 0 Å². The van der Waals surface area contributed by atoms with Crippen molar-refractivity contribution in [2.24, 2.45) is 0 Å². The van der Waals surface area contributed by atoms with E-state index in [4.69, 9.17) is 0 Å². The summed E-state index contributed by atoms with van der Waals surface area (Å²) in [5, 5.41) is 6.68. The number of aromatic nitrogens is 2. The van der Waals surface area contributed by atoms with Crippen molar-refractivity contribution in [1.29, 1.82) is 0 Å². The van der Waals surface area contributed by atoms with Gasteiger partial charge >= 0.3 is 0 Å². The number of hydrogen-bond donors (Lipinski definition) is 1. The molecule has 0 radical (unpaired) electrons. The number of fused-ring (bicyclic) bond motifs is 1. The number of rotatable bonds is 3. The average Bonchev–Trinajstić information content (AvgIpc) is 2.96. The monoisotopic (exact) mass is 227 g/mol. The molecule has 0 fully saturated rings. The summed E-state index contributed by atoms with van der Waals surface area (Å²) < 4.78 is 0. The molecule has 0 aliphatic carbocycles. The van der Waals surface area contributed by atoms with E-state index < -0.39 is 0 Å². The normalized spacial score (nSPS) is 14.1. The summed E-state index contributed by atoms with van der Waals surface area (Å²) in [6.07, 6.45) is 4.51. The lowest BCUT2D eigenvalue weighted by Crippen LogP contribution is -2.26. The molecule has 0 spiro atoms. The second kappa shape index (κ2) is 4.05. The smallest absolute Gasteiger partial charge is 0.254 e. The molecule has 1 amide bonds. The second-order valence-corrected chi connectivity index (χ2v) is 4.24. The van der Waals surface area contributed by atoms with Crippen LogP contribution in [0.5, 0.6) is 0 Å². The van der Waals surface area contributed by atoms with Crippen molar-refractivity contribution in [3.63, 3.8) is 0 Å². The predicted molar refractivity (Wildman–Crippen MR) is 63.5 cm³/mol. The van der Waals surface area contributed by atoms with E-state index in [1.807, 2.05) is 35.4 Å². The molecule has 0 bridgehead atoms. The molecule has 17 heavy (non-hydrogen) atoms. The summed E-state index contributed by atoms with van der Waals surface area (Å²) in [5.41, 5.74) is 3.11. The van der Waals surface area contributed by atoms with Gasteiger partial charge in [0.15, 0.2) is 0 Å². The summed E-state index contributed by atoms with van der Waals surface area (Å²) in [6.45, 7) is 1.47. The van der Waals surface area contributed by atoms with E-state index in [-0.39, 0.29) is 5.91 Å². The summed E-state index contributed by atoms with van der Waals surface area (Å²) in [5.74, 6) is 0.143. The fraction of sp³-hybridized carbons (Fsp3) is 0.231. The van der Waals surface area contributed by atoms with Crippen molar-refractivity contribution in [3.05, 3.63) is 53.3 Å². The summed E-state index contributed by atoms with van der Waals surface area (Å²) in [6, 6.07) is 7.81. The molecule has 0 saturated carbocycles. The maximum atomic E-state index is 12.1. The molecule has 86 valence electrons. The molecular formula is C13H13N3O. The predicted octanol–water partition coefficient (Wildman–Crippen LogP) is 1.61. The Labute approximate surface area is 99.3 Å². The van der Waals surface area contributed by atoms with Crippen LogP contribution in [0.3, 0.4) is 0 Å². The van der Waals surface area contributed by atoms with E-state index in [2.05, 4.69) is 10.2 Å². The highest BCUT2D eigenvalue weighted by Gasteiger charge is 2.26. The molecule has 0 atom stereocenters. The van der Waals surface area contributed by atoms with E-state index in [1.54, 1.807) is 6.20 Å². The van der Waals surface area contributed by atoms with Gasteiger partial charge in [0.1, 0.15) is 0 Å². The topological polar surface area (TPSA) is 49.0 Å². The Bertz CT molecular complexity index is 533. The van der Waals surface area contributed by atoms with Crippen LogP contribution < -0.4 is 0 Å². The van der Waals surface area contributed by atoms with Gasteiger partial charge in [-0.25, -0.2) is 0 Å². The van der Waals surface area contributed by atoms with Crippen LogP contribution in [-0.2, 0) is 13.0 Å². The van der Waals surface area contributed by atoms with E-state index >= 15 is 0 Å². The molecule has 0 unspecified atom stereocenters. The number of H-pyrrole nitrogens is 1. The van der Waals surface area contributed by atoms with E-state index in [1.165, 1.54) is 0 Å². The first kappa shape index (κ1) is 10.1. The Hall–Kier alpha value is -2.10. The summed E-state index contributed by atoms with van der Waals surface area (Å²) in [7, 11) is 0. The first-order valence-corrected chi connectivity index (χ1v) is 5.69. The zero-order valence-electron chi connectivity index (χ0n) is 9.39. The highest BCUT2D eigenvalue weighted by atomic mass is 16.2. The quantitative estimate of drug-likeness (QED) is 0.866. The third kappa shape index (κ3) is 1.82. The van der Waals surface area contributed by atoms with Gasteiger partial charge in [-0.1, -0.05) is 18.2 Å². The first-order chi connectivity index (χ1) is 8.34. The molecule has 2 heterocycles. The molecule has 1 aromatic carbocycles. The van der Waals surface area contributed by atoms with Crippen LogP contribution >= 0.6 is 0 Å². The highest BCUT2D eigenvalue weighted by molar-refractivity contribution is 5.98. The SMILES string of the molecule is O=C1c2ccccc2CN1CCc1cn[nH]c1. The van der Waals surface area contributed by atoms with E-state index in [9.17, 15) is 4.79 Å². The largest absolute Gasteiger partial charge is 0.334 e. The van der Waals surface area contributed by atoms with Crippen LogP contribution in [0.2, 0.25) is 0 Å². The second-order valence-electron chi connectivity index (χ2n) is 4.24. The lowest BCUT2D eigenvalue weighted by Gasteiger charge is -2.14. The molecule has 1 aromatic heterocycles. The lowest BCUT2D eigenvalue weighted by molar-refractivity contribution is 0.0780.